The molecule has 0 spiro atoms. The summed E-state index contributed by atoms with van der Waals surface area (Å²) in [6.07, 6.45) is -0.719. The van der Waals surface area contributed by atoms with Crippen molar-refractivity contribution in [3.8, 4) is 11.5 Å². The van der Waals surface area contributed by atoms with Crippen LogP contribution >= 0.6 is 0 Å². The molecule has 1 aromatic carbocycles. The van der Waals surface area contributed by atoms with Gasteiger partial charge < -0.3 is 24.4 Å². The molecule has 1 N–H and O–H groups in total. The molecule has 0 radical (unpaired) electrons. The van der Waals surface area contributed by atoms with Gasteiger partial charge in [-0.3, -0.25) is 0 Å². The Morgan fingerprint density at radius 3 is 1.90 bits per heavy atom. The molecule has 0 saturated carbocycles. The largest absolute Gasteiger partial charge is 0.497 e. The maximum atomic E-state index is 10.3. The van der Waals surface area contributed by atoms with Gasteiger partial charge in [-0.15, -0.1) is 0 Å². The molecule has 118 valence electrons. The number of hydrogen-bond acceptors (Lipinski definition) is 4. The number of rotatable bonds is 5. The zero-order valence-corrected chi connectivity index (χ0v) is 13.6. The van der Waals surface area contributed by atoms with Crippen LogP contribution in [0, 0.1) is 0 Å². The minimum absolute atomic E-state index is 0.266. The Morgan fingerprint density at radius 1 is 1.05 bits per heavy atom. The highest BCUT2D eigenvalue weighted by atomic mass is 16.5. The molecular formula is C15H25N3O3. The van der Waals surface area contributed by atoms with Crippen molar-refractivity contribution in [2.24, 2.45) is 4.99 Å². The third-order valence-electron chi connectivity index (χ3n) is 2.96. The van der Waals surface area contributed by atoms with Crippen LogP contribution in [0.15, 0.2) is 23.2 Å². The first-order valence-corrected chi connectivity index (χ1v) is 6.69. The molecule has 1 atom stereocenters. The summed E-state index contributed by atoms with van der Waals surface area (Å²) in [7, 11) is 10.8. The maximum Gasteiger partial charge on any atom is 0.195 e. The average Bonchev–Trinajstić information content (AvgIpc) is 2.45. The Balaban J connectivity index is 2.93. The van der Waals surface area contributed by atoms with Crippen molar-refractivity contribution in [2.75, 3.05) is 49.0 Å². The summed E-state index contributed by atoms with van der Waals surface area (Å²) in [6.45, 7) is 0.266. The lowest BCUT2D eigenvalue weighted by molar-refractivity contribution is 0.185. The average molecular weight is 295 g/mol. The van der Waals surface area contributed by atoms with Crippen molar-refractivity contribution in [3.05, 3.63) is 23.8 Å². The molecule has 0 amide bonds. The fourth-order valence-corrected chi connectivity index (χ4v) is 1.98. The van der Waals surface area contributed by atoms with Gasteiger partial charge >= 0.3 is 0 Å². The van der Waals surface area contributed by atoms with E-state index in [4.69, 9.17) is 9.47 Å². The van der Waals surface area contributed by atoms with E-state index in [-0.39, 0.29) is 6.54 Å². The molecule has 1 rings (SSSR count). The summed E-state index contributed by atoms with van der Waals surface area (Å²) in [5.41, 5.74) is 0.715. The van der Waals surface area contributed by atoms with Crippen LogP contribution in [0.2, 0.25) is 0 Å². The van der Waals surface area contributed by atoms with E-state index in [1.165, 1.54) is 0 Å². The normalized spacial score (nSPS) is 11.6. The summed E-state index contributed by atoms with van der Waals surface area (Å²) in [5.74, 6) is 2.09. The number of guanidine groups is 1. The number of aliphatic imine (C=N–C) groups is 1. The highest BCUT2D eigenvalue weighted by Gasteiger charge is 2.12. The van der Waals surface area contributed by atoms with Crippen molar-refractivity contribution >= 4 is 5.96 Å². The molecule has 0 aliphatic rings. The molecular weight excluding hydrogens is 270 g/mol. The van der Waals surface area contributed by atoms with Gasteiger partial charge in [0.15, 0.2) is 5.96 Å². The molecule has 0 aromatic heterocycles. The summed E-state index contributed by atoms with van der Waals surface area (Å²) >= 11 is 0. The Kier molecular flexibility index (Phi) is 6.30. The van der Waals surface area contributed by atoms with Gasteiger partial charge in [0.2, 0.25) is 0 Å². The number of aliphatic hydroxyl groups excluding tert-OH is 1. The molecule has 1 unspecified atom stereocenters. The number of ether oxygens (including phenoxy) is 2. The molecule has 21 heavy (non-hydrogen) atoms. The fraction of sp³-hybridized carbons (Fsp3) is 0.533. The number of nitrogens with zero attached hydrogens (tertiary/aromatic N) is 3. The zero-order valence-electron chi connectivity index (χ0n) is 13.6. The van der Waals surface area contributed by atoms with E-state index < -0.39 is 6.10 Å². The molecule has 0 heterocycles. The second kappa shape index (κ2) is 7.73. The quantitative estimate of drug-likeness (QED) is 0.654. The molecule has 0 aliphatic carbocycles. The summed E-state index contributed by atoms with van der Waals surface area (Å²) < 4.78 is 10.4. The van der Waals surface area contributed by atoms with Gasteiger partial charge in [-0.2, -0.15) is 0 Å². The van der Waals surface area contributed by atoms with Gasteiger partial charge in [0.05, 0.1) is 26.9 Å². The summed E-state index contributed by atoms with van der Waals surface area (Å²) in [5, 5.41) is 10.3. The van der Waals surface area contributed by atoms with Crippen molar-refractivity contribution in [1.29, 1.82) is 0 Å². The lowest BCUT2D eigenvalue weighted by Crippen LogP contribution is -2.35. The Bertz CT molecular complexity index is 455. The van der Waals surface area contributed by atoms with E-state index in [2.05, 4.69) is 4.99 Å². The molecule has 6 heteroatoms. The van der Waals surface area contributed by atoms with Gasteiger partial charge in [-0.05, 0) is 17.7 Å². The lowest BCUT2D eigenvalue weighted by Gasteiger charge is -2.23. The van der Waals surface area contributed by atoms with Crippen LogP contribution in [0.4, 0.5) is 0 Å². The Morgan fingerprint density at radius 2 is 1.52 bits per heavy atom. The van der Waals surface area contributed by atoms with Crippen LogP contribution < -0.4 is 9.47 Å². The number of benzene rings is 1. The smallest absolute Gasteiger partial charge is 0.195 e. The van der Waals surface area contributed by atoms with Crippen LogP contribution in [0.5, 0.6) is 11.5 Å². The van der Waals surface area contributed by atoms with Crippen LogP contribution in [0.3, 0.4) is 0 Å². The van der Waals surface area contributed by atoms with Gasteiger partial charge in [0.1, 0.15) is 11.5 Å². The molecule has 0 fully saturated rings. The molecule has 6 nitrogen and oxygen atoms in total. The third-order valence-corrected chi connectivity index (χ3v) is 2.96. The minimum atomic E-state index is -0.719. The SMILES string of the molecule is COc1cc(OC)cc(C(O)CN=C(N(C)C)N(C)C)c1. The van der Waals surface area contributed by atoms with Gasteiger partial charge in [-0.25, -0.2) is 4.99 Å². The predicted octanol–water partition coefficient (Wildman–Crippen LogP) is 1.22. The Hall–Kier alpha value is -1.95. The molecule has 0 bridgehead atoms. The van der Waals surface area contributed by atoms with Crippen molar-refractivity contribution in [1.82, 2.24) is 9.80 Å². The third kappa shape index (κ3) is 4.82. The van der Waals surface area contributed by atoms with E-state index in [1.807, 2.05) is 38.0 Å². The topological polar surface area (TPSA) is 57.5 Å². The van der Waals surface area contributed by atoms with E-state index >= 15 is 0 Å². The number of methoxy groups -OCH3 is 2. The van der Waals surface area contributed by atoms with Gasteiger partial charge in [-0.1, -0.05) is 0 Å². The first kappa shape index (κ1) is 17.1. The maximum absolute atomic E-state index is 10.3. The van der Waals surface area contributed by atoms with Crippen LogP contribution in [0.25, 0.3) is 0 Å². The summed E-state index contributed by atoms with van der Waals surface area (Å²) in [6, 6.07) is 5.34. The number of hydrogen-bond donors (Lipinski definition) is 1. The van der Waals surface area contributed by atoms with Crippen LogP contribution in [0.1, 0.15) is 11.7 Å². The number of aliphatic hydroxyl groups is 1. The first-order valence-electron chi connectivity index (χ1n) is 6.69. The lowest BCUT2D eigenvalue weighted by atomic mass is 10.1. The second-order valence-corrected chi connectivity index (χ2v) is 5.09. The Labute approximate surface area is 126 Å². The summed E-state index contributed by atoms with van der Waals surface area (Å²) in [4.78, 5) is 8.25. The molecule has 1 aromatic rings. The van der Waals surface area contributed by atoms with Crippen molar-refractivity contribution < 1.29 is 14.6 Å². The highest BCUT2D eigenvalue weighted by molar-refractivity contribution is 5.79. The van der Waals surface area contributed by atoms with Crippen LogP contribution in [-0.2, 0) is 0 Å². The van der Waals surface area contributed by atoms with E-state index in [0.717, 1.165) is 5.96 Å². The van der Waals surface area contributed by atoms with E-state index in [1.54, 1.807) is 32.4 Å². The van der Waals surface area contributed by atoms with Gasteiger partial charge in [0, 0.05) is 34.3 Å². The standard InChI is InChI=1S/C15H25N3O3/c1-17(2)15(18(3)4)16-10-14(19)11-7-12(20-5)9-13(8-11)21-6/h7-9,14,19H,10H2,1-6H3. The molecule has 0 saturated heterocycles. The predicted molar refractivity (Wildman–Crippen MR) is 84.2 cm³/mol. The van der Waals surface area contributed by atoms with Crippen molar-refractivity contribution in [2.45, 2.75) is 6.10 Å². The van der Waals surface area contributed by atoms with Crippen molar-refractivity contribution in [3.63, 3.8) is 0 Å². The van der Waals surface area contributed by atoms with Gasteiger partial charge in [0.25, 0.3) is 0 Å². The minimum Gasteiger partial charge on any atom is -0.497 e. The second-order valence-electron chi connectivity index (χ2n) is 5.09. The molecule has 0 aliphatic heterocycles. The highest BCUT2D eigenvalue weighted by Crippen LogP contribution is 2.26. The monoisotopic (exact) mass is 295 g/mol. The van der Waals surface area contributed by atoms with Crippen LogP contribution in [-0.4, -0.2) is 69.8 Å². The van der Waals surface area contributed by atoms with E-state index in [9.17, 15) is 5.11 Å². The fourth-order valence-electron chi connectivity index (χ4n) is 1.98. The first-order chi connectivity index (χ1) is 9.88. The van der Waals surface area contributed by atoms with E-state index in [0.29, 0.717) is 17.1 Å². The zero-order chi connectivity index (χ0) is 16.0.